The molecule has 3 aromatic rings. The highest BCUT2D eigenvalue weighted by molar-refractivity contribution is 5.84. The van der Waals surface area contributed by atoms with E-state index in [9.17, 15) is 0 Å². The number of rotatable bonds is 4. The molecule has 1 heterocycles. The number of anilines is 1. The summed E-state index contributed by atoms with van der Waals surface area (Å²) in [5.74, 6) is 0. The van der Waals surface area contributed by atoms with E-state index in [1.165, 1.54) is 27.8 Å². The summed E-state index contributed by atoms with van der Waals surface area (Å²) in [6.45, 7) is 3.10. The Morgan fingerprint density at radius 2 is 1.68 bits per heavy atom. The zero-order chi connectivity index (χ0) is 13.1. The molecule has 96 valence electrons. The molecule has 2 aromatic carbocycles. The van der Waals surface area contributed by atoms with E-state index in [1.54, 1.807) is 0 Å². The molecule has 0 bridgehead atoms. The van der Waals surface area contributed by atoms with Crippen molar-refractivity contribution in [2.75, 3.05) is 11.9 Å². The van der Waals surface area contributed by atoms with Crippen LogP contribution in [0.3, 0.4) is 0 Å². The van der Waals surface area contributed by atoms with Crippen LogP contribution in [-0.4, -0.2) is 11.5 Å². The van der Waals surface area contributed by atoms with Gasteiger partial charge in [-0.3, -0.25) is 0 Å². The van der Waals surface area contributed by atoms with E-state index in [-0.39, 0.29) is 0 Å². The summed E-state index contributed by atoms with van der Waals surface area (Å²) in [5, 5.41) is 4.80. The summed E-state index contributed by atoms with van der Waals surface area (Å²) in [5.41, 5.74) is 5.10. The molecule has 2 heteroatoms. The Morgan fingerprint density at radius 3 is 2.53 bits per heavy atom. The molecule has 1 aromatic heterocycles. The van der Waals surface area contributed by atoms with E-state index >= 15 is 0 Å². The second-order valence-corrected chi connectivity index (χ2v) is 4.82. The smallest absolute Gasteiger partial charge is 0.0458 e. The van der Waals surface area contributed by atoms with E-state index in [0.29, 0.717) is 0 Å². The van der Waals surface area contributed by atoms with Crippen molar-refractivity contribution >= 4 is 16.6 Å². The Hall–Kier alpha value is -2.22. The van der Waals surface area contributed by atoms with E-state index in [4.69, 9.17) is 0 Å². The van der Waals surface area contributed by atoms with Crippen LogP contribution in [0.4, 0.5) is 5.69 Å². The fraction of sp³-hybridized carbons (Fsp3) is 0.176. The average molecular weight is 250 g/mol. The van der Waals surface area contributed by atoms with Crippen LogP contribution in [-0.2, 0) is 6.42 Å². The number of aromatic nitrogens is 1. The molecule has 2 nitrogen and oxygen atoms in total. The van der Waals surface area contributed by atoms with Crippen LogP contribution in [0.2, 0.25) is 0 Å². The number of fused-ring (bicyclic) bond motifs is 1. The quantitative estimate of drug-likeness (QED) is 0.716. The van der Waals surface area contributed by atoms with E-state index in [2.05, 4.69) is 65.8 Å². The van der Waals surface area contributed by atoms with Crippen molar-refractivity contribution < 1.29 is 0 Å². The lowest BCUT2D eigenvalue weighted by Crippen LogP contribution is -2.05. The molecule has 0 fully saturated rings. The van der Waals surface area contributed by atoms with Gasteiger partial charge in [0.25, 0.3) is 0 Å². The Labute approximate surface area is 113 Å². The van der Waals surface area contributed by atoms with Gasteiger partial charge in [0, 0.05) is 28.8 Å². The first-order valence-corrected chi connectivity index (χ1v) is 6.70. The highest BCUT2D eigenvalue weighted by Gasteiger charge is 2.06. The minimum absolute atomic E-state index is 0.951. The summed E-state index contributed by atoms with van der Waals surface area (Å²) in [7, 11) is 0. The van der Waals surface area contributed by atoms with Gasteiger partial charge in [-0.25, -0.2) is 0 Å². The van der Waals surface area contributed by atoms with Crippen LogP contribution in [0, 0.1) is 6.92 Å². The first-order chi connectivity index (χ1) is 9.34. The van der Waals surface area contributed by atoms with Gasteiger partial charge in [0.2, 0.25) is 0 Å². The standard InChI is InChI=1S/C17H18N2/c1-13-15(16-9-5-6-10-17(16)19-13)11-12-18-14-7-3-2-4-8-14/h2-10,18-19H,11-12H2,1H3. The number of nitrogens with one attached hydrogen (secondary N) is 2. The Balaban J connectivity index is 1.73. The zero-order valence-corrected chi connectivity index (χ0v) is 11.1. The number of hydrogen-bond acceptors (Lipinski definition) is 1. The fourth-order valence-corrected chi connectivity index (χ4v) is 2.54. The summed E-state index contributed by atoms with van der Waals surface area (Å²) < 4.78 is 0. The van der Waals surface area contributed by atoms with Crippen molar-refractivity contribution in [2.24, 2.45) is 0 Å². The van der Waals surface area contributed by atoms with Crippen LogP contribution in [0.25, 0.3) is 10.9 Å². The molecular weight excluding hydrogens is 232 g/mol. The van der Waals surface area contributed by atoms with Gasteiger partial charge in [-0.1, -0.05) is 36.4 Å². The average Bonchev–Trinajstić information content (AvgIpc) is 2.76. The lowest BCUT2D eigenvalue weighted by molar-refractivity contribution is 1.01. The van der Waals surface area contributed by atoms with E-state index < -0.39 is 0 Å². The lowest BCUT2D eigenvalue weighted by Gasteiger charge is -2.06. The Morgan fingerprint density at radius 1 is 0.947 bits per heavy atom. The third-order valence-corrected chi connectivity index (χ3v) is 3.50. The topological polar surface area (TPSA) is 27.8 Å². The summed E-state index contributed by atoms with van der Waals surface area (Å²) in [4.78, 5) is 3.45. The first kappa shape index (κ1) is 11.8. The van der Waals surface area contributed by atoms with Crippen molar-refractivity contribution in [1.29, 1.82) is 0 Å². The van der Waals surface area contributed by atoms with E-state index in [0.717, 1.165) is 13.0 Å². The fourth-order valence-electron chi connectivity index (χ4n) is 2.54. The molecule has 0 atom stereocenters. The van der Waals surface area contributed by atoms with Crippen molar-refractivity contribution in [3.63, 3.8) is 0 Å². The second-order valence-electron chi connectivity index (χ2n) is 4.82. The number of hydrogen-bond donors (Lipinski definition) is 2. The molecule has 0 aliphatic carbocycles. The number of para-hydroxylation sites is 2. The normalized spacial score (nSPS) is 10.8. The van der Waals surface area contributed by atoms with E-state index in [1.807, 2.05) is 6.07 Å². The molecule has 0 radical (unpaired) electrons. The Bertz CT molecular complexity index is 668. The maximum Gasteiger partial charge on any atom is 0.0458 e. The van der Waals surface area contributed by atoms with Crippen molar-refractivity contribution in [3.8, 4) is 0 Å². The molecule has 3 rings (SSSR count). The second kappa shape index (κ2) is 5.19. The van der Waals surface area contributed by atoms with Crippen LogP contribution in [0.5, 0.6) is 0 Å². The molecule has 0 aliphatic heterocycles. The lowest BCUT2D eigenvalue weighted by atomic mass is 10.1. The minimum Gasteiger partial charge on any atom is -0.385 e. The molecule has 0 spiro atoms. The van der Waals surface area contributed by atoms with Gasteiger partial charge >= 0.3 is 0 Å². The van der Waals surface area contributed by atoms with Gasteiger partial charge in [0.15, 0.2) is 0 Å². The van der Waals surface area contributed by atoms with Crippen molar-refractivity contribution in [3.05, 3.63) is 65.9 Å². The maximum atomic E-state index is 3.46. The van der Waals surface area contributed by atoms with Gasteiger partial charge in [0.1, 0.15) is 0 Å². The Kier molecular flexibility index (Phi) is 3.23. The predicted molar refractivity (Wildman–Crippen MR) is 81.7 cm³/mol. The number of H-pyrrole nitrogens is 1. The van der Waals surface area contributed by atoms with Gasteiger partial charge in [-0.2, -0.15) is 0 Å². The summed E-state index contributed by atoms with van der Waals surface area (Å²) in [6, 6.07) is 18.8. The molecule has 0 saturated carbocycles. The number of benzene rings is 2. The SMILES string of the molecule is Cc1[nH]c2ccccc2c1CCNc1ccccc1. The minimum atomic E-state index is 0.951. The predicted octanol–water partition coefficient (Wildman–Crippen LogP) is 4.13. The van der Waals surface area contributed by atoms with Gasteiger partial charge in [0.05, 0.1) is 0 Å². The largest absolute Gasteiger partial charge is 0.385 e. The molecule has 0 saturated heterocycles. The number of aryl methyl sites for hydroxylation is 1. The van der Waals surface area contributed by atoms with Crippen LogP contribution >= 0.6 is 0 Å². The summed E-state index contributed by atoms with van der Waals surface area (Å²) >= 11 is 0. The zero-order valence-electron chi connectivity index (χ0n) is 11.1. The third-order valence-electron chi connectivity index (χ3n) is 3.50. The number of aromatic amines is 1. The molecule has 0 amide bonds. The molecule has 0 unspecified atom stereocenters. The van der Waals surface area contributed by atoms with Crippen LogP contribution in [0.1, 0.15) is 11.3 Å². The third kappa shape index (κ3) is 2.48. The van der Waals surface area contributed by atoms with Crippen molar-refractivity contribution in [2.45, 2.75) is 13.3 Å². The van der Waals surface area contributed by atoms with Crippen LogP contribution in [0.15, 0.2) is 54.6 Å². The molecule has 2 N–H and O–H groups in total. The van der Waals surface area contributed by atoms with Crippen molar-refractivity contribution in [1.82, 2.24) is 4.98 Å². The molecule has 19 heavy (non-hydrogen) atoms. The summed E-state index contributed by atoms with van der Waals surface area (Å²) in [6.07, 6.45) is 1.03. The van der Waals surface area contributed by atoms with Gasteiger partial charge < -0.3 is 10.3 Å². The van der Waals surface area contributed by atoms with Crippen LogP contribution < -0.4 is 5.32 Å². The van der Waals surface area contributed by atoms with Gasteiger partial charge in [-0.15, -0.1) is 0 Å². The first-order valence-electron chi connectivity index (χ1n) is 6.70. The maximum absolute atomic E-state index is 3.46. The highest BCUT2D eigenvalue weighted by Crippen LogP contribution is 2.22. The monoisotopic (exact) mass is 250 g/mol. The molecular formula is C17H18N2. The van der Waals surface area contributed by atoms with Gasteiger partial charge in [-0.05, 0) is 37.1 Å². The molecule has 0 aliphatic rings. The highest BCUT2D eigenvalue weighted by atomic mass is 14.9.